The van der Waals surface area contributed by atoms with Crippen molar-refractivity contribution in [2.75, 3.05) is 29.4 Å². The molecule has 0 saturated heterocycles. The molecule has 0 saturated carbocycles. The molecule has 5 aliphatic rings. The molecular weight excluding hydrogens is 1570 g/mol. The fourth-order valence-corrected chi connectivity index (χ4v) is 19.3. The number of para-hydroxylation sites is 11. The van der Waals surface area contributed by atoms with Crippen LogP contribution >= 0.6 is 0 Å². The second-order valence-electron chi connectivity index (χ2n) is 32.5. The van der Waals surface area contributed by atoms with E-state index >= 15 is 0 Å². The van der Waals surface area contributed by atoms with Gasteiger partial charge in [-0.3, -0.25) is 0 Å². The van der Waals surface area contributed by atoms with Crippen LogP contribution in [0, 0.1) is 0 Å². The molecule has 0 spiro atoms. The minimum atomic E-state index is 0.00509. The van der Waals surface area contributed by atoms with Crippen LogP contribution in [-0.2, 0) is 0 Å². The van der Waals surface area contributed by atoms with Gasteiger partial charge in [-0.25, -0.2) is 15.0 Å². The Morgan fingerprint density at radius 1 is 0.178 bits per heavy atom. The van der Waals surface area contributed by atoms with Crippen LogP contribution in [0.4, 0.5) is 102 Å². The van der Waals surface area contributed by atoms with Gasteiger partial charge >= 0.3 is 0 Å². The number of hydrogen-bond acceptors (Lipinski definition) is 10. The Bertz CT molecular complexity index is 7250. The van der Waals surface area contributed by atoms with E-state index in [9.17, 15) is 0 Å². The summed E-state index contributed by atoms with van der Waals surface area (Å²) < 4.78 is 6.16. The van der Waals surface area contributed by atoms with Crippen LogP contribution in [0.2, 0.25) is 0 Å². The van der Waals surface area contributed by atoms with Gasteiger partial charge < -0.3 is 34.1 Å². The summed E-state index contributed by atoms with van der Waals surface area (Å²) in [5.74, 6) is 3.58. The van der Waals surface area contributed by atoms with Gasteiger partial charge in [0.15, 0.2) is 29.0 Å². The third kappa shape index (κ3) is 14.2. The van der Waals surface area contributed by atoms with Gasteiger partial charge in [0.2, 0.25) is 0 Å². The van der Waals surface area contributed by atoms with Crippen molar-refractivity contribution in [1.82, 2.24) is 15.0 Å². The summed E-state index contributed by atoms with van der Waals surface area (Å²) in [4.78, 5) is 28.9. The maximum absolute atomic E-state index is 6.16. The van der Waals surface area contributed by atoms with Crippen molar-refractivity contribution in [2.24, 2.45) is 0 Å². The van der Waals surface area contributed by atoms with E-state index in [0.29, 0.717) is 17.5 Å². The second kappa shape index (κ2) is 33.5. The lowest BCUT2D eigenvalue weighted by atomic mass is 9.33. The van der Waals surface area contributed by atoms with Crippen LogP contribution in [0.25, 0.3) is 56.4 Å². The lowest BCUT2D eigenvalue weighted by Gasteiger charge is -2.44. The molecule has 0 amide bonds. The summed E-state index contributed by atoms with van der Waals surface area (Å²) in [6.07, 6.45) is 0. The standard InChI is InChI=1S/C54H38BN3.C33H22N4O.C30H21BN2/c1-6-18-39(19-7-1)41-22-16-29-46(36-41)58-51-31-17-30-50-54(51)55(48-34-32-42(37-52(48)58)40-20-8-2-9-21-40)49-35-33-47(38-53(49)57(50)45-27-14-5-15-28-45)56(43-23-10-3-11-24-43)44-25-12-4-13-26-44;1-3-11-23(12-4-1)31-34-32(24-13-5-2-6-14-24)36-33(35-31)25-19-21-26(22-20-25)37-27-15-7-9-17-29(27)38-30-18-10-8-16-28(30)37;1-3-12-22(13-4-1)32-26-18-9-7-16-24(26)31-25-17-8-10-19-27(25)33(23-14-5-2-6-15-23)29-21-11-20-28(32)30(29)31/h1-38H;1-22H;1-21H. The van der Waals surface area contributed by atoms with Gasteiger partial charge in [-0.1, -0.05) is 315 Å². The molecule has 0 radical (unpaired) electrons. The molecule has 25 rings (SSSR count). The lowest BCUT2D eigenvalue weighted by Crippen LogP contribution is -2.61. The Balaban J connectivity index is 0.000000116. The minimum absolute atomic E-state index is 0.00509. The van der Waals surface area contributed by atoms with E-state index in [4.69, 9.17) is 19.7 Å². The van der Waals surface area contributed by atoms with Gasteiger partial charge in [0, 0.05) is 108 Å². The second-order valence-corrected chi connectivity index (χ2v) is 32.5. The number of nitrogens with zero attached hydrogens (tertiary/aromatic N) is 9. The van der Waals surface area contributed by atoms with E-state index in [1.807, 2.05) is 97.1 Å². The monoisotopic (exact) mass is 1650 g/mol. The third-order valence-electron chi connectivity index (χ3n) is 25.0. The van der Waals surface area contributed by atoms with Crippen molar-refractivity contribution in [3.05, 3.63) is 491 Å². The highest BCUT2D eigenvalue weighted by Crippen LogP contribution is 2.52. The number of hydrogen-bond donors (Lipinski definition) is 0. The van der Waals surface area contributed by atoms with Gasteiger partial charge in [-0.2, -0.15) is 0 Å². The SMILES string of the molecule is c1ccc(-c2cccc(N3c4cc(-c5ccccc5)ccc4B4c5ccc(N(c6ccccc6)c6ccccc6)cc5N(c5ccccc5)c5cccc3c54)c2)cc1.c1ccc(-c2nc(-c3ccccc3)nc(-c3ccc(N4c5ccccc5Oc5ccccc54)cc3)n2)cc1.c1ccc(N2c3ccccc3B3c4ccccc4N(c4ccccc4)c4cccc2c43)cc1. The normalized spacial score (nSPS) is 12.4. The molecule has 129 heavy (non-hydrogen) atoms. The lowest BCUT2D eigenvalue weighted by molar-refractivity contribution is 0.477. The van der Waals surface area contributed by atoms with Gasteiger partial charge in [0.05, 0.1) is 11.4 Å². The van der Waals surface area contributed by atoms with Crippen LogP contribution < -0.4 is 66.9 Å². The summed E-state index contributed by atoms with van der Waals surface area (Å²) in [7, 11) is 0. The summed E-state index contributed by atoms with van der Waals surface area (Å²) in [6.45, 7) is 0.203. The molecule has 0 bridgehead atoms. The first kappa shape index (κ1) is 76.8. The zero-order valence-electron chi connectivity index (χ0n) is 70.4. The number of ether oxygens (including phenoxy) is 1. The zero-order chi connectivity index (χ0) is 85.5. The topological polar surface area (TPSA) is 67.3 Å². The summed E-state index contributed by atoms with van der Waals surface area (Å²) in [5, 5.41) is 0. The zero-order valence-corrected chi connectivity index (χ0v) is 70.4. The Morgan fingerprint density at radius 3 is 0.899 bits per heavy atom. The number of anilines is 18. The molecule has 20 aromatic rings. The molecule has 0 fully saturated rings. The Morgan fingerprint density at radius 2 is 0.457 bits per heavy atom. The molecule has 0 N–H and O–H groups in total. The van der Waals surface area contributed by atoms with E-state index in [1.54, 1.807) is 0 Å². The first-order valence-electron chi connectivity index (χ1n) is 43.9. The fourth-order valence-electron chi connectivity index (χ4n) is 19.3. The fraction of sp³-hybridized carbons (Fsp3) is 0. The van der Waals surface area contributed by atoms with E-state index in [0.717, 1.165) is 73.7 Å². The van der Waals surface area contributed by atoms with Crippen LogP contribution in [0.3, 0.4) is 0 Å². The number of aromatic nitrogens is 3. The molecule has 0 atom stereocenters. The highest BCUT2D eigenvalue weighted by atomic mass is 16.5. The summed E-state index contributed by atoms with van der Waals surface area (Å²) >= 11 is 0. The molecule has 12 heteroatoms. The van der Waals surface area contributed by atoms with E-state index in [2.05, 4.69) is 424 Å². The summed E-state index contributed by atoms with van der Waals surface area (Å²) in [6, 6.07) is 174. The van der Waals surface area contributed by atoms with Crippen LogP contribution in [0.5, 0.6) is 11.5 Å². The van der Waals surface area contributed by atoms with Crippen LogP contribution in [-0.4, -0.2) is 28.4 Å². The van der Waals surface area contributed by atoms with Crippen molar-refractivity contribution >= 4 is 149 Å². The Kier molecular flexibility index (Phi) is 20.0. The van der Waals surface area contributed by atoms with E-state index in [-0.39, 0.29) is 13.4 Å². The maximum atomic E-state index is 6.16. The largest absolute Gasteiger partial charge is 0.453 e. The van der Waals surface area contributed by atoms with Gasteiger partial charge in [0.25, 0.3) is 13.4 Å². The van der Waals surface area contributed by atoms with E-state index in [1.165, 1.54) is 112 Å². The molecule has 6 heterocycles. The van der Waals surface area contributed by atoms with Crippen molar-refractivity contribution in [2.45, 2.75) is 0 Å². The van der Waals surface area contributed by atoms with Crippen molar-refractivity contribution in [1.29, 1.82) is 0 Å². The maximum Gasteiger partial charge on any atom is 0.252 e. The quantitative estimate of drug-likeness (QED) is 0.104. The number of fused-ring (bicyclic) bond motifs is 10. The molecule has 19 aromatic carbocycles. The van der Waals surface area contributed by atoms with Crippen molar-refractivity contribution in [3.8, 4) is 67.9 Å². The number of rotatable bonds is 13. The average Bonchev–Trinajstić information content (AvgIpc) is 0.698. The highest BCUT2D eigenvalue weighted by molar-refractivity contribution is 7.01. The predicted octanol–water partition coefficient (Wildman–Crippen LogP) is 26.8. The molecule has 10 nitrogen and oxygen atoms in total. The third-order valence-corrected chi connectivity index (χ3v) is 25.0. The molecule has 5 aliphatic heterocycles. The van der Waals surface area contributed by atoms with Crippen LogP contribution in [0.15, 0.2) is 491 Å². The van der Waals surface area contributed by atoms with Gasteiger partial charge in [-0.05, 0) is 231 Å². The smallest absolute Gasteiger partial charge is 0.252 e. The molecule has 606 valence electrons. The Hall–Kier alpha value is -17.1. The molecule has 0 aliphatic carbocycles. The molecular formula is C117H81B2N9O. The van der Waals surface area contributed by atoms with Crippen molar-refractivity contribution < 1.29 is 4.74 Å². The predicted molar refractivity (Wildman–Crippen MR) is 537 cm³/mol. The average molecular weight is 1650 g/mol. The first-order valence-corrected chi connectivity index (χ1v) is 43.9. The van der Waals surface area contributed by atoms with E-state index < -0.39 is 0 Å². The summed E-state index contributed by atoms with van der Waals surface area (Å²) in [5.41, 5.74) is 36.3. The number of benzene rings is 19. The molecule has 1 aromatic heterocycles. The first-order chi connectivity index (χ1) is 64.0. The minimum Gasteiger partial charge on any atom is -0.453 e. The van der Waals surface area contributed by atoms with Crippen molar-refractivity contribution in [3.63, 3.8) is 0 Å². The Labute approximate surface area is 751 Å². The van der Waals surface area contributed by atoms with Gasteiger partial charge in [-0.15, -0.1) is 0 Å². The molecule has 0 unspecified atom stereocenters. The van der Waals surface area contributed by atoms with Crippen LogP contribution in [0.1, 0.15) is 0 Å². The highest BCUT2D eigenvalue weighted by Gasteiger charge is 2.46. The van der Waals surface area contributed by atoms with Gasteiger partial charge in [0.1, 0.15) is 0 Å².